The van der Waals surface area contributed by atoms with Gasteiger partial charge < -0.3 is 3.79 Å². The minimum absolute atomic E-state index is 0. The van der Waals surface area contributed by atoms with Crippen LogP contribution in [-0.4, -0.2) is 42.1 Å². The number of hydrogen-bond donors (Lipinski definition) is 0. The van der Waals surface area contributed by atoms with Gasteiger partial charge in [0.05, 0.1) is 0 Å². The fraction of sp³-hybridized carbons (Fsp3) is 1.00. The Bertz CT molecular complexity index is 31.6. The van der Waals surface area contributed by atoms with E-state index in [0.717, 1.165) is 23.2 Å². The first-order valence-corrected chi connectivity index (χ1v) is 3.72. The second-order valence-corrected chi connectivity index (χ2v) is 2.28. The first kappa shape index (κ1) is 11.8. The zero-order chi connectivity index (χ0) is 5.54. The average Bonchev–Trinajstić information content (AvgIpc) is 1.69. The van der Waals surface area contributed by atoms with Crippen molar-refractivity contribution >= 4 is 35.5 Å². The summed E-state index contributed by atoms with van der Waals surface area (Å²) in [7, 11) is 0. The van der Waals surface area contributed by atoms with Crippen molar-refractivity contribution in [3.05, 3.63) is 0 Å². The molecule has 0 bridgehead atoms. The van der Waals surface area contributed by atoms with Gasteiger partial charge in [-0.1, -0.05) is 19.8 Å². The zero-order valence-corrected chi connectivity index (χ0v) is 7.24. The summed E-state index contributed by atoms with van der Waals surface area (Å²) in [6.45, 7) is 3.19. The molecule has 0 fully saturated rings. The Labute approximate surface area is 72.1 Å². The topological polar surface area (TPSA) is 9.23 Å². The van der Waals surface area contributed by atoms with Crippen LogP contribution in [0.2, 0.25) is 0 Å². The quantitative estimate of drug-likeness (QED) is 0.381. The van der Waals surface area contributed by atoms with Gasteiger partial charge in [-0.25, -0.2) is 0 Å². The Morgan fingerprint density at radius 1 is 1.38 bits per heavy atom. The average molecular weight is 124 g/mol. The van der Waals surface area contributed by atoms with Crippen LogP contribution in [0.25, 0.3) is 0 Å². The second-order valence-electron chi connectivity index (χ2n) is 1.70. The Morgan fingerprint density at radius 3 is 2.38 bits per heavy atom. The Morgan fingerprint density at radius 2 is 2.00 bits per heavy atom. The van der Waals surface area contributed by atoms with Gasteiger partial charge in [0.2, 0.25) is 0 Å². The molecule has 0 atom stereocenters. The molecule has 0 aliphatic heterocycles. The van der Waals surface area contributed by atoms with Crippen molar-refractivity contribution in [2.45, 2.75) is 26.2 Å². The van der Waals surface area contributed by atoms with Crippen molar-refractivity contribution in [1.82, 2.24) is 0 Å². The summed E-state index contributed by atoms with van der Waals surface area (Å²) >= 11 is 0.906. The molecule has 0 N–H and O–H groups in total. The SMILES string of the molecule is CCCCC[O][AlH2].[LiH]. The second kappa shape index (κ2) is 11.0. The minimum atomic E-state index is 0. The summed E-state index contributed by atoms with van der Waals surface area (Å²) in [4.78, 5) is 0. The van der Waals surface area contributed by atoms with Crippen molar-refractivity contribution in [3.8, 4) is 0 Å². The van der Waals surface area contributed by atoms with E-state index in [0.29, 0.717) is 0 Å². The molecule has 0 aromatic rings. The summed E-state index contributed by atoms with van der Waals surface area (Å²) in [6, 6.07) is 0. The van der Waals surface area contributed by atoms with Crippen LogP contribution in [0, 0.1) is 0 Å². The number of unbranched alkanes of at least 4 members (excludes halogenated alkanes) is 2. The van der Waals surface area contributed by atoms with E-state index in [-0.39, 0.29) is 18.9 Å². The van der Waals surface area contributed by atoms with Gasteiger partial charge in [0.1, 0.15) is 0 Å². The van der Waals surface area contributed by atoms with Crippen LogP contribution in [0.1, 0.15) is 26.2 Å². The monoisotopic (exact) mass is 124 g/mol. The summed E-state index contributed by atoms with van der Waals surface area (Å²) in [5.41, 5.74) is 0. The van der Waals surface area contributed by atoms with Gasteiger partial charge in [-0.2, -0.15) is 0 Å². The van der Waals surface area contributed by atoms with E-state index in [4.69, 9.17) is 3.79 Å². The fourth-order valence-electron chi connectivity index (χ4n) is 0.496. The van der Waals surface area contributed by atoms with Crippen LogP contribution in [0.15, 0.2) is 0 Å². The predicted octanol–water partition coefficient (Wildman–Crippen LogP) is 0.0928. The molecule has 0 aromatic carbocycles. The normalized spacial score (nSPS) is 8.12. The van der Waals surface area contributed by atoms with Crippen molar-refractivity contribution in [3.63, 3.8) is 0 Å². The maximum absolute atomic E-state index is 4.98. The Hall–Kier alpha value is 1.09. The standard InChI is InChI=1S/C5H11O.Al.Li.3H/c1-2-3-4-5-6;;;;;/h2-5H2,1H3;;;;;/q-1;+1;;;;. The summed E-state index contributed by atoms with van der Waals surface area (Å²) in [5, 5.41) is 0. The molecule has 0 saturated heterocycles. The molecule has 0 rings (SSSR count). The molecule has 8 heavy (non-hydrogen) atoms. The third-order valence-electron chi connectivity index (χ3n) is 0.952. The predicted molar refractivity (Wildman–Crippen MR) is 41.2 cm³/mol. The molecule has 44 valence electrons. The fourth-order valence-corrected chi connectivity index (χ4v) is 0.785. The number of hydrogen-bond acceptors (Lipinski definition) is 1. The Balaban J connectivity index is 0. The van der Waals surface area contributed by atoms with Crippen molar-refractivity contribution in [2.75, 3.05) is 6.61 Å². The third-order valence-corrected chi connectivity index (χ3v) is 1.36. The van der Waals surface area contributed by atoms with Crippen LogP contribution in [-0.2, 0) is 3.79 Å². The van der Waals surface area contributed by atoms with Crippen LogP contribution < -0.4 is 0 Å². The van der Waals surface area contributed by atoms with Gasteiger partial charge in [-0.3, -0.25) is 0 Å². The first-order chi connectivity index (χ1) is 3.41. The molecule has 0 aliphatic carbocycles. The van der Waals surface area contributed by atoms with E-state index in [1.807, 2.05) is 0 Å². The van der Waals surface area contributed by atoms with E-state index in [2.05, 4.69) is 6.92 Å². The number of rotatable bonds is 4. The van der Waals surface area contributed by atoms with Gasteiger partial charge in [-0.05, 0) is 6.42 Å². The van der Waals surface area contributed by atoms with Gasteiger partial charge in [0.25, 0.3) is 0 Å². The van der Waals surface area contributed by atoms with Gasteiger partial charge in [0.15, 0.2) is 0 Å². The Kier molecular flexibility index (Phi) is 16.2. The molecular weight excluding hydrogens is 110 g/mol. The summed E-state index contributed by atoms with van der Waals surface area (Å²) < 4.78 is 4.98. The third kappa shape index (κ3) is 10.1. The molecule has 3 heteroatoms. The zero-order valence-electron chi connectivity index (χ0n) is 5.24. The molecular formula is C5H14AlLiO. The molecule has 0 saturated carbocycles. The van der Waals surface area contributed by atoms with E-state index in [1.165, 1.54) is 19.3 Å². The van der Waals surface area contributed by atoms with Crippen molar-refractivity contribution < 1.29 is 3.79 Å². The van der Waals surface area contributed by atoms with Crippen molar-refractivity contribution in [1.29, 1.82) is 0 Å². The van der Waals surface area contributed by atoms with E-state index in [1.54, 1.807) is 0 Å². The van der Waals surface area contributed by atoms with E-state index in [9.17, 15) is 0 Å². The van der Waals surface area contributed by atoms with Crippen LogP contribution in [0.3, 0.4) is 0 Å². The summed E-state index contributed by atoms with van der Waals surface area (Å²) in [6.07, 6.45) is 3.87. The maximum atomic E-state index is 4.98. The van der Waals surface area contributed by atoms with Crippen LogP contribution in [0.5, 0.6) is 0 Å². The van der Waals surface area contributed by atoms with Gasteiger partial charge >= 0.3 is 35.5 Å². The van der Waals surface area contributed by atoms with Gasteiger partial charge in [-0.15, -0.1) is 0 Å². The molecule has 0 radical (unpaired) electrons. The van der Waals surface area contributed by atoms with Crippen molar-refractivity contribution in [2.24, 2.45) is 0 Å². The van der Waals surface area contributed by atoms with Crippen LogP contribution >= 0.6 is 0 Å². The van der Waals surface area contributed by atoms with Crippen LogP contribution in [0.4, 0.5) is 0 Å². The molecule has 0 aromatic heterocycles. The van der Waals surface area contributed by atoms with Gasteiger partial charge in [0, 0.05) is 6.61 Å². The molecule has 0 heterocycles. The molecule has 0 unspecified atom stereocenters. The van der Waals surface area contributed by atoms with E-state index >= 15 is 0 Å². The molecule has 0 amide bonds. The summed E-state index contributed by atoms with van der Waals surface area (Å²) in [5.74, 6) is 0. The molecule has 1 nitrogen and oxygen atoms in total. The van der Waals surface area contributed by atoms with E-state index < -0.39 is 0 Å². The first-order valence-electron chi connectivity index (χ1n) is 2.90. The molecule has 0 spiro atoms. The molecule has 0 aliphatic rings.